The van der Waals surface area contributed by atoms with Crippen LogP contribution in [0.4, 0.5) is 10.1 Å². The Balaban J connectivity index is 1.82. The van der Waals surface area contributed by atoms with Gasteiger partial charge in [0.15, 0.2) is 5.82 Å². The molecule has 2 N–H and O–H groups in total. The lowest BCUT2D eigenvalue weighted by molar-refractivity contribution is 0.468. The van der Waals surface area contributed by atoms with Crippen LogP contribution in [0.3, 0.4) is 0 Å². The number of benzene rings is 1. The summed E-state index contributed by atoms with van der Waals surface area (Å²) in [6.45, 7) is 0.346. The summed E-state index contributed by atoms with van der Waals surface area (Å²) < 4.78 is 14.8. The monoisotopic (exact) mass is 285 g/mol. The number of pyridine rings is 1. The summed E-state index contributed by atoms with van der Waals surface area (Å²) in [5.41, 5.74) is 1.35. The van der Waals surface area contributed by atoms with Crippen molar-refractivity contribution in [1.29, 1.82) is 0 Å². The van der Waals surface area contributed by atoms with E-state index < -0.39 is 5.82 Å². The van der Waals surface area contributed by atoms with Gasteiger partial charge in [-0.05, 0) is 29.8 Å². The number of halogens is 1. The quantitative estimate of drug-likeness (QED) is 0.768. The number of aromatic hydroxyl groups is 1. The summed E-state index contributed by atoms with van der Waals surface area (Å²) >= 11 is 0. The van der Waals surface area contributed by atoms with Gasteiger partial charge in [-0.2, -0.15) is 5.10 Å². The molecule has 7 heteroatoms. The van der Waals surface area contributed by atoms with Gasteiger partial charge in [-0.25, -0.2) is 19.0 Å². The lowest BCUT2D eigenvalue weighted by Gasteiger charge is -2.11. The molecule has 0 saturated heterocycles. The van der Waals surface area contributed by atoms with Gasteiger partial charge >= 0.3 is 0 Å². The molecule has 0 radical (unpaired) electrons. The maximum absolute atomic E-state index is 13.2. The number of nitrogens with one attached hydrogen (secondary N) is 1. The Kier molecular flexibility index (Phi) is 3.46. The second kappa shape index (κ2) is 5.58. The molecule has 0 amide bonds. The Morgan fingerprint density at radius 3 is 2.95 bits per heavy atom. The molecule has 0 atom stereocenters. The maximum Gasteiger partial charge on any atom is 0.178 e. The van der Waals surface area contributed by atoms with E-state index in [9.17, 15) is 9.50 Å². The zero-order valence-electron chi connectivity index (χ0n) is 10.9. The first-order valence-corrected chi connectivity index (χ1v) is 6.25. The van der Waals surface area contributed by atoms with Crippen LogP contribution in [0.25, 0.3) is 5.82 Å². The molecular formula is C14H12FN5O. The molecule has 2 heterocycles. The van der Waals surface area contributed by atoms with E-state index in [1.54, 1.807) is 18.6 Å². The van der Waals surface area contributed by atoms with E-state index in [2.05, 4.69) is 20.4 Å². The molecule has 2 aromatic heterocycles. The van der Waals surface area contributed by atoms with Gasteiger partial charge in [-0.3, -0.25) is 0 Å². The highest BCUT2D eigenvalue weighted by atomic mass is 19.1. The first kappa shape index (κ1) is 13.0. The van der Waals surface area contributed by atoms with Gasteiger partial charge in [0.1, 0.15) is 24.2 Å². The number of anilines is 1. The fraction of sp³-hybridized carbons (Fsp3) is 0.0714. The van der Waals surface area contributed by atoms with Crippen molar-refractivity contribution >= 4 is 5.69 Å². The average Bonchev–Trinajstić information content (AvgIpc) is 2.98. The van der Waals surface area contributed by atoms with Crippen molar-refractivity contribution in [2.45, 2.75) is 6.54 Å². The van der Waals surface area contributed by atoms with Crippen LogP contribution in [0.1, 0.15) is 5.56 Å². The molecule has 106 valence electrons. The third-order valence-electron chi connectivity index (χ3n) is 2.85. The summed E-state index contributed by atoms with van der Waals surface area (Å²) in [6.07, 6.45) is 4.61. The standard InChI is InChI=1S/C14H12FN5O/c15-11-4-10(5-12(21)6-11)7-18-13-2-1-3-17-14(13)20-9-16-8-19-20/h1-6,8-9,18,21H,7H2. The van der Waals surface area contributed by atoms with Crippen molar-refractivity contribution in [2.75, 3.05) is 5.32 Å². The van der Waals surface area contributed by atoms with Crippen molar-refractivity contribution in [2.24, 2.45) is 0 Å². The molecule has 0 aliphatic heterocycles. The van der Waals surface area contributed by atoms with Crippen molar-refractivity contribution in [1.82, 2.24) is 19.7 Å². The number of hydrogen-bond acceptors (Lipinski definition) is 5. The number of aromatic nitrogens is 4. The van der Waals surface area contributed by atoms with Crippen LogP contribution in [0, 0.1) is 5.82 Å². The molecule has 0 unspecified atom stereocenters. The van der Waals surface area contributed by atoms with Crippen molar-refractivity contribution in [3.63, 3.8) is 0 Å². The third-order valence-corrected chi connectivity index (χ3v) is 2.85. The fourth-order valence-electron chi connectivity index (χ4n) is 1.97. The molecule has 0 fully saturated rings. The molecule has 6 nitrogen and oxygen atoms in total. The van der Waals surface area contributed by atoms with E-state index in [4.69, 9.17) is 0 Å². The lowest BCUT2D eigenvalue weighted by atomic mass is 10.2. The van der Waals surface area contributed by atoms with E-state index in [0.29, 0.717) is 17.9 Å². The summed E-state index contributed by atoms with van der Waals surface area (Å²) in [4.78, 5) is 8.13. The van der Waals surface area contributed by atoms with E-state index in [0.717, 1.165) is 11.8 Å². The molecule has 0 saturated carbocycles. The smallest absolute Gasteiger partial charge is 0.178 e. The van der Waals surface area contributed by atoms with Gasteiger partial charge in [0.2, 0.25) is 0 Å². The molecule has 0 aliphatic rings. The van der Waals surface area contributed by atoms with Gasteiger partial charge in [-0.1, -0.05) is 0 Å². The molecule has 0 spiro atoms. The predicted octanol–water partition coefficient (Wildman–Crippen LogP) is 2.12. The van der Waals surface area contributed by atoms with Gasteiger partial charge in [0.05, 0.1) is 5.69 Å². The van der Waals surface area contributed by atoms with Crippen LogP contribution in [0.2, 0.25) is 0 Å². The SMILES string of the molecule is Oc1cc(F)cc(CNc2cccnc2-n2cncn2)c1. The lowest BCUT2D eigenvalue weighted by Crippen LogP contribution is -2.06. The van der Waals surface area contributed by atoms with Crippen molar-refractivity contribution in [3.05, 3.63) is 60.6 Å². The number of hydrogen-bond donors (Lipinski definition) is 2. The van der Waals surface area contributed by atoms with E-state index in [-0.39, 0.29) is 5.75 Å². The molecule has 3 aromatic rings. The third kappa shape index (κ3) is 2.97. The number of nitrogens with zero attached hydrogens (tertiary/aromatic N) is 4. The van der Waals surface area contributed by atoms with Crippen molar-refractivity contribution in [3.8, 4) is 11.6 Å². The molecule has 3 rings (SSSR count). The maximum atomic E-state index is 13.2. The fourth-order valence-corrected chi connectivity index (χ4v) is 1.97. The summed E-state index contributed by atoms with van der Waals surface area (Å²) in [7, 11) is 0. The van der Waals surface area contributed by atoms with Crippen LogP contribution in [0.15, 0.2) is 49.2 Å². The predicted molar refractivity (Wildman–Crippen MR) is 74.5 cm³/mol. The van der Waals surface area contributed by atoms with Gasteiger partial charge < -0.3 is 10.4 Å². The largest absolute Gasteiger partial charge is 0.508 e. The molecule has 21 heavy (non-hydrogen) atoms. The Hall–Kier alpha value is -2.96. The van der Waals surface area contributed by atoms with Crippen molar-refractivity contribution < 1.29 is 9.50 Å². The number of rotatable bonds is 4. The second-order valence-electron chi connectivity index (χ2n) is 4.39. The molecule has 0 bridgehead atoms. The Bertz CT molecular complexity index is 725. The highest BCUT2D eigenvalue weighted by Crippen LogP contribution is 2.19. The summed E-state index contributed by atoms with van der Waals surface area (Å²) in [5, 5.41) is 16.6. The minimum absolute atomic E-state index is 0.102. The average molecular weight is 285 g/mol. The highest BCUT2D eigenvalue weighted by molar-refractivity contribution is 5.56. The summed E-state index contributed by atoms with van der Waals surface area (Å²) in [6, 6.07) is 7.54. The first-order chi connectivity index (χ1) is 10.2. The second-order valence-corrected chi connectivity index (χ2v) is 4.39. The zero-order chi connectivity index (χ0) is 14.7. The van der Waals surface area contributed by atoms with Gasteiger partial charge in [-0.15, -0.1) is 0 Å². The topological polar surface area (TPSA) is 75.9 Å². The van der Waals surface area contributed by atoms with Crippen LogP contribution < -0.4 is 5.32 Å². The number of phenols is 1. The van der Waals surface area contributed by atoms with Crippen LogP contribution in [-0.2, 0) is 6.54 Å². The van der Waals surface area contributed by atoms with Gasteiger partial charge in [0.25, 0.3) is 0 Å². The zero-order valence-corrected chi connectivity index (χ0v) is 10.9. The molecule has 1 aromatic carbocycles. The first-order valence-electron chi connectivity index (χ1n) is 6.25. The number of phenolic OH excluding ortho intramolecular Hbond substituents is 1. The van der Waals surface area contributed by atoms with Crippen LogP contribution >= 0.6 is 0 Å². The van der Waals surface area contributed by atoms with Crippen LogP contribution in [-0.4, -0.2) is 24.9 Å². The highest BCUT2D eigenvalue weighted by Gasteiger charge is 2.07. The minimum Gasteiger partial charge on any atom is -0.508 e. The Morgan fingerprint density at radius 1 is 1.29 bits per heavy atom. The van der Waals surface area contributed by atoms with Crippen LogP contribution in [0.5, 0.6) is 5.75 Å². The van der Waals surface area contributed by atoms with E-state index in [1.807, 2.05) is 6.07 Å². The normalized spacial score (nSPS) is 10.5. The molecule has 0 aliphatic carbocycles. The van der Waals surface area contributed by atoms with E-state index >= 15 is 0 Å². The summed E-state index contributed by atoms with van der Waals surface area (Å²) in [5.74, 6) is 0.0135. The molecular weight excluding hydrogens is 273 g/mol. The van der Waals surface area contributed by atoms with E-state index in [1.165, 1.54) is 23.1 Å². The Morgan fingerprint density at radius 2 is 2.19 bits per heavy atom. The Labute approximate surface area is 119 Å². The minimum atomic E-state index is -0.477. The van der Waals surface area contributed by atoms with Gasteiger partial charge in [0, 0.05) is 18.8 Å².